The molecule has 0 bridgehead atoms. The minimum atomic E-state index is 0.627. The predicted octanol–water partition coefficient (Wildman–Crippen LogP) is 2.86. The fraction of sp³-hybridized carbons (Fsp3) is 0.800. The molecule has 0 amide bonds. The largest absolute Gasteiger partial charge is 0.314 e. The van der Waals surface area contributed by atoms with Crippen LogP contribution in [0.25, 0.3) is 0 Å². The van der Waals surface area contributed by atoms with Crippen LogP contribution in [0.3, 0.4) is 0 Å². The Morgan fingerprint density at radius 1 is 1.44 bits per heavy atom. The summed E-state index contributed by atoms with van der Waals surface area (Å²) in [6.45, 7) is 8.79. The van der Waals surface area contributed by atoms with Gasteiger partial charge >= 0.3 is 0 Å². The summed E-state index contributed by atoms with van der Waals surface area (Å²) >= 11 is 0. The van der Waals surface area contributed by atoms with E-state index in [-0.39, 0.29) is 0 Å². The lowest BCUT2D eigenvalue weighted by molar-refractivity contribution is 0.298. The zero-order valence-corrected chi connectivity index (χ0v) is 12.0. The summed E-state index contributed by atoms with van der Waals surface area (Å²) in [5, 5.41) is 8.08. The molecule has 1 saturated carbocycles. The van der Waals surface area contributed by atoms with Gasteiger partial charge in [-0.2, -0.15) is 5.10 Å². The van der Waals surface area contributed by atoms with E-state index in [1.807, 2.05) is 10.9 Å². The average molecular weight is 249 g/mol. The first-order valence-corrected chi connectivity index (χ1v) is 7.49. The molecule has 102 valence electrons. The van der Waals surface area contributed by atoms with E-state index in [4.69, 9.17) is 0 Å². The highest BCUT2D eigenvalue weighted by atomic mass is 15.3. The van der Waals surface area contributed by atoms with Crippen molar-refractivity contribution >= 4 is 0 Å². The molecule has 1 N–H and O–H groups in total. The van der Waals surface area contributed by atoms with E-state index >= 15 is 0 Å². The highest BCUT2D eigenvalue weighted by molar-refractivity contribution is 5.07. The van der Waals surface area contributed by atoms with Gasteiger partial charge in [-0.3, -0.25) is 4.68 Å². The first-order chi connectivity index (χ1) is 8.74. The lowest BCUT2D eigenvalue weighted by Crippen LogP contribution is -2.39. The summed E-state index contributed by atoms with van der Waals surface area (Å²) in [5.41, 5.74) is 1.38. The summed E-state index contributed by atoms with van der Waals surface area (Å²) in [6.07, 6.45) is 9.56. The van der Waals surface area contributed by atoms with Crippen LogP contribution in [-0.4, -0.2) is 22.4 Å². The molecule has 3 heteroatoms. The van der Waals surface area contributed by atoms with E-state index in [0.29, 0.717) is 6.04 Å². The number of nitrogens with zero attached hydrogens (tertiary/aromatic N) is 2. The van der Waals surface area contributed by atoms with Crippen molar-refractivity contribution in [3.63, 3.8) is 0 Å². The molecule has 1 fully saturated rings. The number of rotatable bonds is 6. The second-order valence-electron chi connectivity index (χ2n) is 5.64. The van der Waals surface area contributed by atoms with Crippen molar-refractivity contribution in [2.45, 2.75) is 59.0 Å². The topological polar surface area (TPSA) is 29.9 Å². The second kappa shape index (κ2) is 6.37. The molecule has 0 saturated heterocycles. The fourth-order valence-corrected chi connectivity index (χ4v) is 3.35. The molecule has 1 aliphatic carbocycles. The van der Waals surface area contributed by atoms with Crippen molar-refractivity contribution in [2.24, 2.45) is 11.8 Å². The Morgan fingerprint density at radius 3 is 2.83 bits per heavy atom. The summed E-state index contributed by atoms with van der Waals surface area (Å²) in [7, 11) is 0. The molecular formula is C15H27N3. The first-order valence-electron chi connectivity index (χ1n) is 7.49. The molecule has 0 aromatic carbocycles. The monoisotopic (exact) mass is 249 g/mol. The average Bonchev–Trinajstić information content (AvgIpc) is 2.97. The van der Waals surface area contributed by atoms with E-state index in [1.165, 1.54) is 24.8 Å². The van der Waals surface area contributed by atoms with Crippen molar-refractivity contribution in [1.82, 2.24) is 15.1 Å². The van der Waals surface area contributed by atoms with Gasteiger partial charge in [0.1, 0.15) is 0 Å². The lowest BCUT2D eigenvalue weighted by atomic mass is 9.87. The molecule has 3 atom stereocenters. The van der Waals surface area contributed by atoms with Crippen LogP contribution in [0.1, 0.15) is 45.6 Å². The summed E-state index contributed by atoms with van der Waals surface area (Å²) < 4.78 is 2.02. The molecule has 18 heavy (non-hydrogen) atoms. The number of nitrogens with one attached hydrogen (secondary N) is 1. The molecule has 1 aromatic rings. The molecular weight excluding hydrogens is 222 g/mol. The van der Waals surface area contributed by atoms with Crippen LogP contribution >= 0.6 is 0 Å². The Labute approximate surface area is 111 Å². The molecule has 0 aliphatic heterocycles. The Hall–Kier alpha value is -0.830. The Morgan fingerprint density at radius 2 is 2.28 bits per heavy atom. The SMILES string of the molecule is CCNC(Cc1cnn(CC)c1)C1CCCC1C. The van der Waals surface area contributed by atoms with E-state index < -0.39 is 0 Å². The minimum Gasteiger partial charge on any atom is -0.314 e. The van der Waals surface area contributed by atoms with Crippen LogP contribution in [0.4, 0.5) is 0 Å². The van der Waals surface area contributed by atoms with Crippen LogP contribution in [0.2, 0.25) is 0 Å². The molecule has 3 nitrogen and oxygen atoms in total. The maximum atomic E-state index is 4.38. The van der Waals surface area contributed by atoms with Gasteiger partial charge in [-0.05, 0) is 43.7 Å². The standard InChI is InChI=1S/C15H27N3/c1-4-16-15(14-8-6-7-12(14)3)9-13-10-17-18(5-2)11-13/h10-12,14-16H,4-9H2,1-3H3. The number of hydrogen-bond donors (Lipinski definition) is 1. The van der Waals surface area contributed by atoms with E-state index in [1.54, 1.807) is 0 Å². The smallest absolute Gasteiger partial charge is 0.0522 e. The highest BCUT2D eigenvalue weighted by Crippen LogP contribution is 2.34. The van der Waals surface area contributed by atoms with Crippen LogP contribution in [0.5, 0.6) is 0 Å². The van der Waals surface area contributed by atoms with Gasteiger partial charge < -0.3 is 5.32 Å². The van der Waals surface area contributed by atoms with Gasteiger partial charge in [0.15, 0.2) is 0 Å². The van der Waals surface area contributed by atoms with Crippen LogP contribution in [0.15, 0.2) is 12.4 Å². The van der Waals surface area contributed by atoms with Crippen LogP contribution in [0, 0.1) is 11.8 Å². The van der Waals surface area contributed by atoms with Crippen molar-refractivity contribution in [1.29, 1.82) is 0 Å². The number of hydrogen-bond acceptors (Lipinski definition) is 2. The fourth-order valence-electron chi connectivity index (χ4n) is 3.35. The summed E-state index contributed by atoms with van der Waals surface area (Å²) in [6, 6.07) is 0.627. The molecule has 1 heterocycles. The van der Waals surface area contributed by atoms with Crippen LogP contribution in [-0.2, 0) is 13.0 Å². The first kappa shape index (κ1) is 13.6. The number of likely N-dealkylation sites (N-methyl/N-ethyl adjacent to an activating group) is 1. The lowest BCUT2D eigenvalue weighted by Gasteiger charge is -2.27. The Bertz CT molecular complexity index is 358. The Balaban J connectivity index is 2.01. The van der Waals surface area contributed by atoms with E-state index in [9.17, 15) is 0 Å². The van der Waals surface area contributed by atoms with Crippen molar-refractivity contribution in [2.75, 3.05) is 6.54 Å². The van der Waals surface area contributed by atoms with Gasteiger partial charge in [-0.15, -0.1) is 0 Å². The molecule has 3 unspecified atom stereocenters. The van der Waals surface area contributed by atoms with Crippen LogP contribution < -0.4 is 5.32 Å². The molecule has 0 radical (unpaired) electrons. The summed E-state index contributed by atoms with van der Waals surface area (Å²) in [5.74, 6) is 1.71. The van der Waals surface area contributed by atoms with Gasteiger partial charge in [0.2, 0.25) is 0 Å². The highest BCUT2D eigenvalue weighted by Gasteiger charge is 2.30. The maximum absolute atomic E-state index is 4.38. The molecule has 2 rings (SSSR count). The second-order valence-corrected chi connectivity index (χ2v) is 5.64. The zero-order chi connectivity index (χ0) is 13.0. The predicted molar refractivity (Wildman–Crippen MR) is 75.6 cm³/mol. The zero-order valence-electron chi connectivity index (χ0n) is 12.0. The minimum absolute atomic E-state index is 0.627. The molecule has 0 spiro atoms. The third-order valence-electron chi connectivity index (χ3n) is 4.38. The van der Waals surface area contributed by atoms with Crippen molar-refractivity contribution in [3.8, 4) is 0 Å². The third-order valence-corrected chi connectivity index (χ3v) is 4.38. The molecule has 1 aliphatic rings. The quantitative estimate of drug-likeness (QED) is 0.840. The van der Waals surface area contributed by atoms with Crippen molar-refractivity contribution < 1.29 is 0 Å². The summed E-state index contributed by atoms with van der Waals surface area (Å²) in [4.78, 5) is 0. The molecule has 1 aromatic heterocycles. The number of aryl methyl sites for hydroxylation is 1. The van der Waals surface area contributed by atoms with Gasteiger partial charge in [0.05, 0.1) is 6.20 Å². The van der Waals surface area contributed by atoms with Gasteiger partial charge in [0.25, 0.3) is 0 Å². The van der Waals surface area contributed by atoms with E-state index in [2.05, 4.69) is 37.4 Å². The van der Waals surface area contributed by atoms with Gasteiger partial charge in [0, 0.05) is 18.8 Å². The third kappa shape index (κ3) is 3.14. The Kier molecular flexibility index (Phi) is 4.81. The van der Waals surface area contributed by atoms with Gasteiger partial charge in [-0.1, -0.05) is 26.7 Å². The normalized spacial score (nSPS) is 25.5. The van der Waals surface area contributed by atoms with E-state index in [0.717, 1.165) is 31.3 Å². The van der Waals surface area contributed by atoms with Gasteiger partial charge in [-0.25, -0.2) is 0 Å². The maximum Gasteiger partial charge on any atom is 0.0522 e. The number of aromatic nitrogens is 2. The van der Waals surface area contributed by atoms with Crippen molar-refractivity contribution in [3.05, 3.63) is 18.0 Å².